The van der Waals surface area contributed by atoms with Crippen molar-refractivity contribution in [1.82, 2.24) is 4.90 Å². The van der Waals surface area contributed by atoms with E-state index in [0.29, 0.717) is 17.2 Å². The Bertz CT molecular complexity index is 351. The molecule has 2 N–H and O–H groups in total. The highest BCUT2D eigenvalue weighted by atomic mass is 35.5. The van der Waals surface area contributed by atoms with Crippen LogP contribution in [0.4, 0.5) is 5.69 Å². The number of hydrogen-bond donors (Lipinski definition) is 1. The van der Waals surface area contributed by atoms with Gasteiger partial charge in [-0.15, -0.1) is 12.4 Å². The van der Waals surface area contributed by atoms with Crippen LogP contribution in [0.3, 0.4) is 0 Å². The number of carbonyl (C=O) groups is 1. The zero-order chi connectivity index (χ0) is 12.1. The fourth-order valence-electron chi connectivity index (χ4n) is 1.53. The second-order valence-corrected chi connectivity index (χ2v) is 4.32. The standard InChI is InChI=1S/C13H20N2O.ClH/c1-4-10(2)9-15(3)13(16)11-5-7-12(14)8-6-11;/h5-8,10H,4,9,14H2,1-3H3;1H. The van der Waals surface area contributed by atoms with Crippen molar-refractivity contribution in [3.05, 3.63) is 29.8 Å². The molecule has 0 radical (unpaired) electrons. The molecule has 0 aliphatic heterocycles. The van der Waals surface area contributed by atoms with E-state index in [0.717, 1.165) is 13.0 Å². The van der Waals surface area contributed by atoms with Crippen molar-refractivity contribution in [2.75, 3.05) is 19.3 Å². The summed E-state index contributed by atoms with van der Waals surface area (Å²) >= 11 is 0. The molecule has 0 aliphatic carbocycles. The van der Waals surface area contributed by atoms with Gasteiger partial charge in [0.1, 0.15) is 0 Å². The van der Waals surface area contributed by atoms with Crippen LogP contribution in [0.1, 0.15) is 30.6 Å². The van der Waals surface area contributed by atoms with Crippen molar-refractivity contribution >= 4 is 24.0 Å². The number of benzene rings is 1. The van der Waals surface area contributed by atoms with Crippen molar-refractivity contribution < 1.29 is 4.79 Å². The molecule has 0 saturated heterocycles. The van der Waals surface area contributed by atoms with Gasteiger partial charge in [0.15, 0.2) is 0 Å². The van der Waals surface area contributed by atoms with Crippen LogP contribution in [0.25, 0.3) is 0 Å². The van der Waals surface area contributed by atoms with Crippen molar-refractivity contribution in [3.8, 4) is 0 Å². The average molecular weight is 257 g/mol. The second-order valence-electron chi connectivity index (χ2n) is 4.32. The van der Waals surface area contributed by atoms with Gasteiger partial charge in [-0.05, 0) is 30.2 Å². The Labute approximate surface area is 109 Å². The maximum absolute atomic E-state index is 12.0. The van der Waals surface area contributed by atoms with Gasteiger partial charge in [-0.3, -0.25) is 4.79 Å². The van der Waals surface area contributed by atoms with E-state index in [-0.39, 0.29) is 18.3 Å². The third-order valence-corrected chi connectivity index (χ3v) is 2.79. The lowest BCUT2D eigenvalue weighted by molar-refractivity contribution is 0.0775. The van der Waals surface area contributed by atoms with Gasteiger partial charge in [-0.25, -0.2) is 0 Å². The summed E-state index contributed by atoms with van der Waals surface area (Å²) in [5.74, 6) is 0.586. The average Bonchev–Trinajstić information content (AvgIpc) is 2.28. The SMILES string of the molecule is CCC(C)CN(C)C(=O)c1ccc(N)cc1.Cl. The van der Waals surface area contributed by atoms with Gasteiger partial charge in [0.25, 0.3) is 5.91 Å². The number of carbonyl (C=O) groups excluding carboxylic acids is 1. The molecule has 4 heteroatoms. The largest absolute Gasteiger partial charge is 0.399 e. The molecule has 96 valence electrons. The van der Waals surface area contributed by atoms with Gasteiger partial charge < -0.3 is 10.6 Å². The first-order valence-corrected chi connectivity index (χ1v) is 5.65. The highest BCUT2D eigenvalue weighted by Crippen LogP contribution is 2.10. The molecule has 1 aromatic rings. The van der Waals surface area contributed by atoms with Gasteiger partial charge in [0, 0.05) is 24.8 Å². The van der Waals surface area contributed by atoms with Crippen LogP contribution in [-0.2, 0) is 0 Å². The molecule has 0 aliphatic rings. The van der Waals surface area contributed by atoms with Crippen molar-refractivity contribution in [3.63, 3.8) is 0 Å². The van der Waals surface area contributed by atoms with E-state index >= 15 is 0 Å². The summed E-state index contributed by atoms with van der Waals surface area (Å²) < 4.78 is 0. The van der Waals surface area contributed by atoms with Crippen LogP contribution in [0.15, 0.2) is 24.3 Å². The molecule has 0 bridgehead atoms. The monoisotopic (exact) mass is 256 g/mol. The van der Waals surface area contributed by atoms with Gasteiger partial charge >= 0.3 is 0 Å². The normalized spacial score (nSPS) is 11.5. The minimum Gasteiger partial charge on any atom is -0.399 e. The van der Waals surface area contributed by atoms with Crippen molar-refractivity contribution in [2.24, 2.45) is 5.92 Å². The predicted octanol–water partition coefficient (Wildman–Crippen LogP) is 2.81. The van der Waals surface area contributed by atoms with E-state index in [4.69, 9.17) is 5.73 Å². The summed E-state index contributed by atoms with van der Waals surface area (Å²) in [6, 6.07) is 7.05. The van der Waals surface area contributed by atoms with E-state index in [9.17, 15) is 4.79 Å². The third-order valence-electron chi connectivity index (χ3n) is 2.79. The first-order valence-electron chi connectivity index (χ1n) is 5.65. The first kappa shape index (κ1) is 15.8. The molecule has 17 heavy (non-hydrogen) atoms. The van der Waals surface area contributed by atoms with Crippen molar-refractivity contribution in [1.29, 1.82) is 0 Å². The summed E-state index contributed by atoms with van der Waals surface area (Å²) in [6.07, 6.45) is 1.08. The second kappa shape index (κ2) is 7.17. The Morgan fingerprint density at radius 2 is 1.88 bits per heavy atom. The summed E-state index contributed by atoms with van der Waals surface area (Å²) in [5, 5.41) is 0. The molecular formula is C13H21ClN2O. The Hall–Kier alpha value is -1.22. The Morgan fingerprint density at radius 3 is 2.35 bits per heavy atom. The highest BCUT2D eigenvalue weighted by Gasteiger charge is 2.13. The van der Waals surface area contributed by atoms with Gasteiger partial charge in [0.2, 0.25) is 0 Å². The molecular weight excluding hydrogens is 236 g/mol. The van der Waals surface area contributed by atoms with E-state index < -0.39 is 0 Å². The smallest absolute Gasteiger partial charge is 0.253 e. The van der Waals surface area contributed by atoms with E-state index in [2.05, 4.69) is 13.8 Å². The molecule has 0 fully saturated rings. The van der Waals surface area contributed by atoms with E-state index in [1.807, 2.05) is 7.05 Å². The zero-order valence-electron chi connectivity index (χ0n) is 10.6. The van der Waals surface area contributed by atoms with Crippen LogP contribution in [0.5, 0.6) is 0 Å². The molecule has 1 aromatic carbocycles. The van der Waals surface area contributed by atoms with Gasteiger partial charge in [0.05, 0.1) is 0 Å². The number of rotatable bonds is 4. The number of nitrogen functional groups attached to an aromatic ring is 1. The molecule has 0 aromatic heterocycles. The van der Waals surface area contributed by atoms with Crippen LogP contribution >= 0.6 is 12.4 Å². The number of nitrogens with two attached hydrogens (primary N) is 1. The first-order chi connectivity index (χ1) is 7.54. The third kappa shape index (κ3) is 4.65. The molecule has 0 saturated carbocycles. The maximum Gasteiger partial charge on any atom is 0.253 e. The summed E-state index contributed by atoms with van der Waals surface area (Å²) in [7, 11) is 1.84. The lowest BCUT2D eigenvalue weighted by atomic mass is 10.1. The maximum atomic E-state index is 12.0. The zero-order valence-corrected chi connectivity index (χ0v) is 11.5. The number of nitrogens with zero attached hydrogens (tertiary/aromatic N) is 1. The Balaban J connectivity index is 0.00000256. The van der Waals surface area contributed by atoms with Gasteiger partial charge in [-0.1, -0.05) is 20.3 Å². The highest BCUT2D eigenvalue weighted by molar-refractivity contribution is 5.94. The summed E-state index contributed by atoms with van der Waals surface area (Å²) in [5.41, 5.74) is 6.96. The minimum atomic E-state index is 0. The molecule has 3 nitrogen and oxygen atoms in total. The molecule has 1 atom stereocenters. The Morgan fingerprint density at radius 1 is 1.35 bits per heavy atom. The van der Waals surface area contributed by atoms with E-state index in [1.165, 1.54) is 0 Å². The fourth-order valence-corrected chi connectivity index (χ4v) is 1.53. The number of halogens is 1. The fraction of sp³-hybridized carbons (Fsp3) is 0.462. The molecule has 0 spiro atoms. The summed E-state index contributed by atoms with van der Waals surface area (Å²) in [4.78, 5) is 13.8. The molecule has 1 unspecified atom stereocenters. The molecule has 1 rings (SSSR count). The number of anilines is 1. The number of hydrogen-bond acceptors (Lipinski definition) is 2. The predicted molar refractivity (Wildman–Crippen MR) is 74.5 cm³/mol. The van der Waals surface area contributed by atoms with E-state index in [1.54, 1.807) is 29.2 Å². The van der Waals surface area contributed by atoms with Gasteiger partial charge in [-0.2, -0.15) is 0 Å². The van der Waals surface area contributed by atoms with Crippen LogP contribution < -0.4 is 5.73 Å². The van der Waals surface area contributed by atoms with Crippen LogP contribution in [0, 0.1) is 5.92 Å². The minimum absolute atomic E-state index is 0. The topological polar surface area (TPSA) is 46.3 Å². The number of amides is 1. The molecule has 1 amide bonds. The molecule has 0 heterocycles. The Kier molecular flexibility index (Phi) is 6.66. The lowest BCUT2D eigenvalue weighted by Gasteiger charge is -2.20. The lowest BCUT2D eigenvalue weighted by Crippen LogP contribution is -2.30. The summed E-state index contributed by atoms with van der Waals surface area (Å²) in [6.45, 7) is 5.07. The van der Waals surface area contributed by atoms with Crippen LogP contribution in [-0.4, -0.2) is 24.4 Å². The quantitative estimate of drug-likeness (QED) is 0.842. The van der Waals surface area contributed by atoms with Crippen LogP contribution in [0.2, 0.25) is 0 Å². The van der Waals surface area contributed by atoms with Crippen molar-refractivity contribution in [2.45, 2.75) is 20.3 Å².